The quantitative estimate of drug-likeness (QED) is 0.307. The zero-order valence-electron chi connectivity index (χ0n) is 21.3. The van der Waals surface area contributed by atoms with Crippen LogP contribution in [0.5, 0.6) is 0 Å². The number of nitrogens with zero attached hydrogens (tertiary/aromatic N) is 1. The van der Waals surface area contributed by atoms with Crippen LogP contribution < -0.4 is 5.32 Å². The smallest absolute Gasteiger partial charge is 0.236 e. The van der Waals surface area contributed by atoms with Gasteiger partial charge < -0.3 is 20.4 Å². The SMILES string of the molecule is CCCC[C@H](C)C[C@H](O)C=C[C@@H]1[C@H]2CC(CCNCC(=O)N(C)C(C)(C)C)=C[C@H]2C[C@H]1O. The topological polar surface area (TPSA) is 72.8 Å². The molecule has 5 heteroatoms. The van der Waals surface area contributed by atoms with E-state index in [-0.39, 0.29) is 23.5 Å². The van der Waals surface area contributed by atoms with Crippen LogP contribution in [0.15, 0.2) is 23.8 Å². The van der Waals surface area contributed by atoms with Crippen molar-refractivity contribution in [3.63, 3.8) is 0 Å². The molecule has 2 aliphatic carbocycles. The molecule has 0 unspecified atom stereocenters. The lowest BCUT2D eigenvalue weighted by atomic mass is 9.88. The van der Waals surface area contributed by atoms with Gasteiger partial charge in [-0.2, -0.15) is 0 Å². The van der Waals surface area contributed by atoms with Gasteiger partial charge in [0, 0.05) is 18.5 Å². The molecule has 0 aromatic heterocycles. The average Bonchev–Trinajstić information content (AvgIpc) is 3.22. The van der Waals surface area contributed by atoms with Crippen LogP contribution in [0.3, 0.4) is 0 Å². The highest BCUT2D eigenvalue weighted by Crippen LogP contribution is 2.47. The summed E-state index contributed by atoms with van der Waals surface area (Å²) in [7, 11) is 1.85. The van der Waals surface area contributed by atoms with Gasteiger partial charge in [0.15, 0.2) is 0 Å². The van der Waals surface area contributed by atoms with E-state index in [4.69, 9.17) is 0 Å². The van der Waals surface area contributed by atoms with E-state index < -0.39 is 6.10 Å². The molecule has 2 aliphatic rings. The molecule has 0 spiro atoms. The van der Waals surface area contributed by atoms with Crippen LogP contribution in [-0.2, 0) is 4.79 Å². The number of aliphatic hydroxyl groups excluding tert-OH is 2. The Bertz CT molecular complexity index is 652. The lowest BCUT2D eigenvalue weighted by Gasteiger charge is -2.32. The van der Waals surface area contributed by atoms with Gasteiger partial charge in [0.05, 0.1) is 18.8 Å². The van der Waals surface area contributed by atoms with Gasteiger partial charge in [-0.15, -0.1) is 0 Å². The van der Waals surface area contributed by atoms with Crippen LogP contribution in [0.4, 0.5) is 0 Å². The van der Waals surface area contributed by atoms with Gasteiger partial charge in [0.25, 0.3) is 0 Å². The molecule has 0 aliphatic heterocycles. The Morgan fingerprint density at radius 1 is 1.38 bits per heavy atom. The summed E-state index contributed by atoms with van der Waals surface area (Å²) in [5, 5.41) is 24.3. The molecule has 0 aromatic carbocycles. The molecule has 184 valence electrons. The number of fused-ring (bicyclic) bond motifs is 1. The standard InChI is InChI=1S/C27H48N2O3/c1-7-8-9-19(2)14-22(30)10-11-23-24-16-20(15-21(24)17-25(23)31)12-13-28-18-26(32)29(6)27(3,4)5/h10-11,15,19,21-25,28,30-31H,7-9,12-14,16-18H2,1-6H3/t19-,21-,22+,23+,24-,25+/m0/s1. The van der Waals surface area contributed by atoms with Gasteiger partial charge in [-0.1, -0.05) is 56.9 Å². The van der Waals surface area contributed by atoms with Crippen LogP contribution in [0.25, 0.3) is 0 Å². The second kappa shape index (κ2) is 12.3. The number of unbranched alkanes of at least 4 members (excludes halogenated alkanes) is 1. The Kier molecular flexibility index (Phi) is 10.4. The summed E-state index contributed by atoms with van der Waals surface area (Å²) in [5.74, 6) is 1.65. The molecule has 1 amide bonds. The number of carbonyl (C=O) groups is 1. The molecular formula is C27H48N2O3. The first kappa shape index (κ1) is 27.1. The van der Waals surface area contributed by atoms with Crippen LogP contribution in [0, 0.1) is 23.7 Å². The first-order valence-electron chi connectivity index (χ1n) is 12.7. The van der Waals surface area contributed by atoms with Crippen LogP contribution in [0.1, 0.15) is 79.6 Å². The van der Waals surface area contributed by atoms with Crippen molar-refractivity contribution in [1.82, 2.24) is 10.2 Å². The lowest BCUT2D eigenvalue weighted by molar-refractivity contribution is -0.133. The van der Waals surface area contributed by atoms with E-state index >= 15 is 0 Å². The average molecular weight is 449 g/mol. The third-order valence-electron chi connectivity index (χ3n) is 7.48. The molecule has 0 saturated heterocycles. The molecule has 0 heterocycles. The summed E-state index contributed by atoms with van der Waals surface area (Å²) < 4.78 is 0. The van der Waals surface area contributed by atoms with Crippen LogP contribution >= 0.6 is 0 Å². The van der Waals surface area contributed by atoms with Crippen molar-refractivity contribution in [2.75, 3.05) is 20.1 Å². The molecule has 0 aromatic rings. The molecule has 6 atom stereocenters. The largest absolute Gasteiger partial charge is 0.392 e. The third-order valence-corrected chi connectivity index (χ3v) is 7.48. The molecule has 3 N–H and O–H groups in total. The number of aliphatic hydroxyl groups is 2. The number of hydrogen-bond donors (Lipinski definition) is 3. The van der Waals surface area contributed by atoms with Crippen molar-refractivity contribution in [3.05, 3.63) is 23.8 Å². The Morgan fingerprint density at radius 2 is 2.09 bits per heavy atom. The van der Waals surface area contributed by atoms with Gasteiger partial charge >= 0.3 is 0 Å². The minimum Gasteiger partial charge on any atom is -0.392 e. The lowest BCUT2D eigenvalue weighted by Crippen LogP contribution is -2.46. The maximum atomic E-state index is 12.3. The summed E-state index contributed by atoms with van der Waals surface area (Å²) in [6.45, 7) is 11.7. The number of likely N-dealkylation sites (N-methyl/N-ethyl adjacent to an activating group) is 1. The number of carbonyl (C=O) groups excluding carboxylic acids is 1. The zero-order chi connectivity index (χ0) is 23.9. The molecule has 32 heavy (non-hydrogen) atoms. The van der Waals surface area contributed by atoms with Gasteiger partial charge in [0.2, 0.25) is 5.91 Å². The molecule has 5 nitrogen and oxygen atoms in total. The fourth-order valence-electron chi connectivity index (χ4n) is 5.15. The molecular weight excluding hydrogens is 400 g/mol. The van der Waals surface area contributed by atoms with E-state index in [1.165, 1.54) is 18.4 Å². The van der Waals surface area contributed by atoms with Gasteiger partial charge in [-0.05, 0) is 70.8 Å². The predicted molar refractivity (Wildman–Crippen MR) is 132 cm³/mol. The minimum atomic E-state index is -0.421. The number of amides is 1. The van der Waals surface area contributed by atoms with Gasteiger partial charge in [0.1, 0.15) is 0 Å². The van der Waals surface area contributed by atoms with Crippen molar-refractivity contribution >= 4 is 5.91 Å². The van der Waals surface area contributed by atoms with Gasteiger partial charge in [-0.25, -0.2) is 0 Å². The van der Waals surface area contributed by atoms with E-state index in [0.717, 1.165) is 38.6 Å². The fourth-order valence-corrected chi connectivity index (χ4v) is 5.15. The Balaban J connectivity index is 1.76. The molecule has 2 rings (SSSR count). The first-order valence-corrected chi connectivity index (χ1v) is 12.7. The fraction of sp³-hybridized carbons (Fsp3) is 0.815. The molecule has 0 radical (unpaired) electrons. The van der Waals surface area contributed by atoms with Crippen molar-refractivity contribution in [1.29, 1.82) is 0 Å². The Hall–Kier alpha value is -1.17. The monoisotopic (exact) mass is 448 g/mol. The summed E-state index contributed by atoms with van der Waals surface area (Å²) in [6.07, 6.45) is 12.8. The Labute approximate surface area is 196 Å². The van der Waals surface area contributed by atoms with E-state index in [1.54, 1.807) is 4.90 Å². The van der Waals surface area contributed by atoms with Gasteiger partial charge in [-0.3, -0.25) is 4.79 Å². The van der Waals surface area contributed by atoms with Crippen molar-refractivity contribution in [3.8, 4) is 0 Å². The highest BCUT2D eigenvalue weighted by molar-refractivity contribution is 5.78. The number of hydrogen-bond acceptors (Lipinski definition) is 4. The van der Waals surface area contributed by atoms with Crippen LogP contribution in [0.2, 0.25) is 0 Å². The predicted octanol–water partition coefficient (Wildman–Crippen LogP) is 4.30. The van der Waals surface area contributed by atoms with Crippen molar-refractivity contribution in [2.45, 2.75) is 97.3 Å². The maximum absolute atomic E-state index is 12.3. The molecule has 1 saturated carbocycles. The number of nitrogens with one attached hydrogen (secondary N) is 1. The first-order chi connectivity index (χ1) is 15.0. The van der Waals surface area contributed by atoms with E-state index in [0.29, 0.717) is 24.3 Å². The van der Waals surface area contributed by atoms with Crippen molar-refractivity contribution in [2.24, 2.45) is 23.7 Å². The number of rotatable bonds is 12. The molecule has 0 bridgehead atoms. The van der Waals surface area contributed by atoms with Crippen molar-refractivity contribution < 1.29 is 15.0 Å². The highest BCUT2D eigenvalue weighted by atomic mass is 16.3. The summed E-state index contributed by atoms with van der Waals surface area (Å²) >= 11 is 0. The van der Waals surface area contributed by atoms with E-state index in [9.17, 15) is 15.0 Å². The maximum Gasteiger partial charge on any atom is 0.236 e. The van der Waals surface area contributed by atoms with Crippen LogP contribution in [-0.4, -0.2) is 58.9 Å². The third kappa shape index (κ3) is 8.00. The second-order valence-electron chi connectivity index (χ2n) is 11.2. The minimum absolute atomic E-state index is 0.116. The summed E-state index contributed by atoms with van der Waals surface area (Å²) in [4.78, 5) is 14.1. The highest BCUT2D eigenvalue weighted by Gasteiger charge is 2.43. The summed E-state index contributed by atoms with van der Waals surface area (Å²) in [5.41, 5.74) is 1.28. The van der Waals surface area contributed by atoms with E-state index in [1.807, 2.05) is 33.9 Å². The summed E-state index contributed by atoms with van der Waals surface area (Å²) in [6, 6.07) is 0. The molecule has 1 fully saturated rings. The normalized spacial score (nSPS) is 27.4. The second-order valence-corrected chi connectivity index (χ2v) is 11.2. The number of allylic oxidation sites excluding steroid dienone is 1. The van der Waals surface area contributed by atoms with E-state index in [2.05, 4.69) is 31.3 Å². The zero-order valence-corrected chi connectivity index (χ0v) is 21.3. The Morgan fingerprint density at radius 3 is 2.75 bits per heavy atom.